The summed E-state index contributed by atoms with van der Waals surface area (Å²) >= 11 is 0. The zero-order valence-electron chi connectivity index (χ0n) is 11.5. The summed E-state index contributed by atoms with van der Waals surface area (Å²) in [5.41, 5.74) is 6.63. The predicted molar refractivity (Wildman–Crippen MR) is 75.3 cm³/mol. The van der Waals surface area contributed by atoms with Gasteiger partial charge in [0.2, 0.25) is 0 Å². The monoisotopic (exact) mass is 282 g/mol. The number of carboxylic acid groups (broad SMARTS) is 1. The zero-order valence-corrected chi connectivity index (χ0v) is 11.5. The number of ether oxygens (including phenoxy) is 1. The van der Waals surface area contributed by atoms with Gasteiger partial charge in [0, 0.05) is 13.0 Å². The summed E-state index contributed by atoms with van der Waals surface area (Å²) in [6.07, 6.45) is 9.12. The second-order valence-electron chi connectivity index (χ2n) is 4.71. The van der Waals surface area contributed by atoms with Crippen molar-refractivity contribution in [3.8, 4) is 0 Å². The molecule has 1 aliphatic rings. The largest absolute Gasteiger partial charge is 0.480 e. The number of nitrogens with two attached hydrogens (primary N) is 1. The molecule has 0 aromatic carbocycles. The minimum Gasteiger partial charge on any atom is -0.480 e. The number of carbonyl (C=O) groups is 2. The van der Waals surface area contributed by atoms with Crippen LogP contribution in [0.15, 0.2) is 23.8 Å². The van der Waals surface area contributed by atoms with Crippen LogP contribution < -0.4 is 11.1 Å². The maximum absolute atomic E-state index is 11.3. The number of rotatable bonds is 9. The smallest absolute Gasteiger partial charge is 0.407 e. The standard InChI is InChI=1S/C14H22N2O4/c15-12(13(17)18)7-3-4-9-16-14(19)20-10-8-11-5-1-2-6-11/h1-2,5,12H,3-4,6-10,15H2,(H,16,19)(H,17,18)/t12-/m0/s1. The summed E-state index contributed by atoms with van der Waals surface area (Å²) in [4.78, 5) is 21.8. The van der Waals surface area contributed by atoms with Crippen LogP contribution >= 0.6 is 0 Å². The van der Waals surface area contributed by atoms with Crippen molar-refractivity contribution in [3.05, 3.63) is 23.8 Å². The molecule has 1 atom stereocenters. The summed E-state index contributed by atoms with van der Waals surface area (Å²) in [6.45, 7) is 0.846. The Morgan fingerprint density at radius 1 is 1.45 bits per heavy atom. The fraction of sp³-hybridized carbons (Fsp3) is 0.571. The molecule has 0 bridgehead atoms. The van der Waals surface area contributed by atoms with Gasteiger partial charge in [-0.25, -0.2) is 4.79 Å². The van der Waals surface area contributed by atoms with E-state index in [9.17, 15) is 9.59 Å². The average Bonchev–Trinajstić information content (AvgIpc) is 2.91. The maximum atomic E-state index is 11.3. The molecule has 1 aliphatic carbocycles. The lowest BCUT2D eigenvalue weighted by atomic mass is 10.1. The Morgan fingerprint density at radius 3 is 2.90 bits per heavy atom. The number of aliphatic carboxylic acids is 1. The number of alkyl carbamates (subject to hydrolysis) is 1. The number of amides is 1. The molecule has 4 N–H and O–H groups in total. The summed E-state index contributed by atoms with van der Waals surface area (Å²) in [5.74, 6) is -0.993. The van der Waals surface area contributed by atoms with Crippen molar-refractivity contribution in [1.82, 2.24) is 5.32 Å². The summed E-state index contributed by atoms with van der Waals surface area (Å²) in [7, 11) is 0. The van der Waals surface area contributed by atoms with Gasteiger partial charge in [0.05, 0.1) is 6.61 Å². The van der Waals surface area contributed by atoms with Crippen molar-refractivity contribution >= 4 is 12.1 Å². The van der Waals surface area contributed by atoms with Crippen LogP contribution in [-0.2, 0) is 9.53 Å². The highest BCUT2D eigenvalue weighted by atomic mass is 16.5. The number of carbonyl (C=O) groups excluding carboxylic acids is 1. The van der Waals surface area contributed by atoms with Gasteiger partial charge in [-0.05, 0) is 25.7 Å². The second-order valence-corrected chi connectivity index (χ2v) is 4.71. The molecule has 0 saturated heterocycles. The van der Waals surface area contributed by atoms with E-state index < -0.39 is 18.1 Å². The Morgan fingerprint density at radius 2 is 2.25 bits per heavy atom. The molecule has 0 fully saturated rings. The van der Waals surface area contributed by atoms with Crippen LogP contribution in [-0.4, -0.2) is 36.4 Å². The van der Waals surface area contributed by atoms with Crippen molar-refractivity contribution in [2.45, 2.75) is 38.1 Å². The molecule has 0 saturated carbocycles. The average molecular weight is 282 g/mol. The van der Waals surface area contributed by atoms with Gasteiger partial charge in [-0.3, -0.25) is 4.79 Å². The normalized spacial score (nSPS) is 14.8. The Bertz CT molecular complexity index is 391. The Labute approximate surface area is 118 Å². The minimum atomic E-state index is -0.993. The molecule has 1 rings (SSSR count). The first-order chi connectivity index (χ1) is 9.59. The van der Waals surface area contributed by atoms with Crippen molar-refractivity contribution in [2.75, 3.05) is 13.2 Å². The first kappa shape index (κ1) is 16.2. The maximum Gasteiger partial charge on any atom is 0.407 e. The van der Waals surface area contributed by atoms with Crippen molar-refractivity contribution < 1.29 is 19.4 Å². The van der Waals surface area contributed by atoms with Crippen molar-refractivity contribution in [1.29, 1.82) is 0 Å². The first-order valence-corrected chi connectivity index (χ1v) is 6.83. The van der Waals surface area contributed by atoms with Crippen LogP contribution in [0.25, 0.3) is 0 Å². The van der Waals surface area contributed by atoms with E-state index >= 15 is 0 Å². The van der Waals surface area contributed by atoms with Gasteiger partial charge in [0.1, 0.15) is 6.04 Å². The molecule has 0 radical (unpaired) electrons. The number of nitrogens with one attached hydrogen (secondary N) is 1. The number of hydrogen-bond donors (Lipinski definition) is 3. The van der Waals surface area contributed by atoms with Crippen LogP contribution in [0.1, 0.15) is 32.1 Å². The van der Waals surface area contributed by atoms with Crippen LogP contribution in [0, 0.1) is 0 Å². The lowest BCUT2D eigenvalue weighted by molar-refractivity contribution is -0.138. The third-order valence-corrected chi connectivity index (χ3v) is 3.03. The van der Waals surface area contributed by atoms with Gasteiger partial charge in [-0.2, -0.15) is 0 Å². The predicted octanol–water partition coefficient (Wildman–Crippen LogP) is 1.57. The topological polar surface area (TPSA) is 102 Å². The Hall–Kier alpha value is -1.82. The van der Waals surface area contributed by atoms with Crippen LogP contribution in [0.3, 0.4) is 0 Å². The summed E-state index contributed by atoms with van der Waals surface area (Å²) < 4.78 is 5.03. The van der Waals surface area contributed by atoms with Gasteiger partial charge in [-0.15, -0.1) is 0 Å². The highest BCUT2D eigenvalue weighted by molar-refractivity contribution is 5.72. The molecule has 6 heteroatoms. The van der Waals surface area contributed by atoms with Crippen LogP contribution in [0.4, 0.5) is 4.79 Å². The van der Waals surface area contributed by atoms with E-state index in [2.05, 4.69) is 11.4 Å². The number of carboxylic acids is 1. The van der Waals surface area contributed by atoms with Gasteiger partial charge >= 0.3 is 12.1 Å². The third kappa shape index (κ3) is 6.94. The van der Waals surface area contributed by atoms with E-state index in [0.717, 1.165) is 12.8 Å². The minimum absolute atomic E-state index is 0.378. The van der Waals surface area contributed by atoms with Gasteiger partial charge < -0.3 is 20.9 Å². The fourth-order valence-electron chi connectivity index (χ4n) is 1.81. The van der Waals surface area contributed by atoms with E-state index in [1.807, 2.05) is 12.2 Å². The highest BCUT2D eigenvalue weighted by Gasteiger charge is 2.10. The summed E-state index contributed by atoms with van der Waals surface area (Å²) in [6, 6.07) is -0.824. The van der Waals surface area contributed by atoms with Crippen molar-refractivity contribution in [2.24, 2.45) is 5.73 Å². The SMILES string of the molecule is N[C@@H](CCCCNC(=O)OCCC1=CC=CC1)C(=O)O. The summed E-state index contributed by atoms with van der Waals surface area (Å²) in [5, 5.41) is 11.2. The molecule has 0 aromatic rings. The van der Waals surface area contributed by atoms with Gasteiger partial charge in [0.25, 0.3) is 0 Å². The van der Waals surface area contributed by atoms with Crippen LogP contribution in [0.5, 0.6) is 0 Å². The Kier molecular flexibility index (Phi) is 7.42. The van der Waals surface area contributed by atoms with E-state index in [-0.39, 0.29) is 0 Å². The molecular weight excluding hydrogens is 260 g/mol. The molecule has 20 heavy (non-hydrogen) atoms. The van der Waals surface area contributed by atoms with E-state index in [0.29, 0.717) is 32.4 Å². The third-order valence-electron chi connectivity index (χ3n) is 3.03. The molecule has 0 aromatic heterocycles. The molecule has 0 aliphatic heterocycles. The lowest BCUT2D eigenvalue weighted by Crippen LogP contribution is -2.30. The molecule has 0 heterocycles. The van der Waals surface area contributed by atoms with Gasteiger partial charge in [-0.1, -0.05) is 23.8 Å². The number of allylic oxidation sites excluding steroid dienone is 3. The molecule has 6 nitrogen and oxygen atoms in total. The molecule has 0 spiro atoms. The molecular formula is C14H22N2O4. The molecule has 1 amide bonds. The van der Waals surface area contributed by atoms with Crippen molar-refractivity contribution in [3.63, 3.8) is 0 Å². The fourth-order valence-corrected chi connectivity index (χ4v) is 1.81. The zero-order chi connectivity index (χ0) is 14.8. The highest BCUT2D eigenvalue weighted by Crippen LogP contribution is 2.13. The number of hydrogen-bond acceptors (Lipinski definition) is 4. The second kappa shape index (κ2) is 9.14. The molecule has 0 unspecified atom stereocenters. The van der Waals surface area contributed by atoms with E-state index in [4.69, 9.17) is 15.6 Å². The van der Waals surface area contributed by atoms with E-state index in [1.54, 1.807) is 0 Å². The van der Waals surface area contributed by atoms with E-state index in [1.165, 1.54) is 5.57 Å². The number of unbranched alkanes of at least 4 members (excludes halogenated alkanes) is 1. The first-order valence-electron chi connectivity index (χ1n) is 6.83. The Balaban J connectivity index is 1.93. The molecule has 112 valence electrons. The van der Waals surface area contributed by atoms with Gasteiger partial charge in [0.15, 0.2) is 0 Å². The lowest BCUT2D eigenvalue weighted by Gasteiger charge is -2.08. The quantitative estimate of drug-likeness (QED) is 0.557. The van der Waals surface area contributed by atoms with Crippen LogP contribution in [0.2, 0.25) is 0 Å².